The number of nitrogens with one attached hydrogen (secondary N) is 1. The molecule has 0 saturated carbocycles. The number of halogens is 2. The van der Waals surface area contributed by atoms with Crippen molar-refractivity contribution in [3.63, 3.8) is 0 Å². The minimum absolute atomic E-state index is 0.0313. The lowest BCUT2D eigenvalue weighted by Crippen LogP contribution is -2.40. The van der Waals surface area contributed by atoms with E-state index in [2.05, 4.69) is 10.3 Å². The van der Waals surface area contributed by atoms with Gasteiger partial charge in [0.2, 0.25) is 5.91 Å². The van der Waals surface area contributed by atoms with E-state index in [1.165, 1.54) is 41.1 Å². The van der Waals surface area contributed by atoms with Crippen molar-refractivity contribution in [2.24, 2.45) is 5.92 Å². The van der Waals surface area contributed by atoms with E-state index >= 15 is 0 Å². The molecule has 184 valence electrons. The second kappa shape index (κ2) is 11.0. The Bertz CT molecular complexity index is 1270. The molecule has 0 aliphatic heterocycles. The van der Waals surface area contributed by atoms with Crippen molar-refractivity contribution in [1.29, 1.82) is 0 Å². The topological polar surface area (TPSA) is 101 Å². The number of carbonyl (C=O) groups excluding carboxylic acids is 1. The van der Waals surface area contributed by atoms with Gasteiger partial charge in [0, 0.05) is 12.3 Å². The van der Waals surface area contributed by atoms with E-state index in [1.807, 2.05) is 13.8 Å². The summed E-state index contributed by atoms with van der Waals surface area (Å²) in [5.41, 5.74) is 0.145. The highest BCUT2D eigenvalue weighted by Gasteiger charge is 2.27. The quantitative estimate of drug-likeness (QED) is 0.469. The summed E-state index contributed by atoms with van der Waals surface area (Å²) < 4.78 is 29.9. The highest BCUT2D eigenvalue weighted by atomic mass is 19.1. The monoisotopic (exact) mass is 483 g/mol. The van der Waals surface area contributed by atoms with Gasteiger partial charge < -0.3 is 15.0 Å². The Labute approximate surface area is 201 Å². The fraction of sp³-hybridized carbons (Fsp3) is 0.308. The molecule has 2 aromatic heterocycles. The van der Waals surface area contributed by atoms with Crippen LogP contribution in [0.5, 0.6) is 0 Å². The van der Waals surface area contributed by atoms with Crippen LogP contribution >= 0.6 is 0 Å². The van der Waals surface area contributed by atoms with Crippen molar-refractivity contribution in [3.8, 4) is 11.3 Å². The zero-order valence-electron chi connectivity index (χ0n) is 19.7. The summed E-state index contributed by atoms with van der Waals surface area (Å²) in [6.45, 7) is 5.58. The predicted octanol–water partition coefficient (Wildman–Crippen LogP) is 4.42. The van der Waals surface area contributed by atoms with Crippen LogP contribution in [0.4, 0.5) is 8.78 Å². The first-order chi connectivity index (χ1) is 16.6. The van der Waals surface area contributed by atoms with E-state index in [1.54, 1.807) is 13.0 Å². The molecule has 1 amide bonds. The molecule has 0 fully saturated rings. The van der Waals surface area contributed by atoms with Gasteiger partial charge in [0.25, 0.3) is 5.56 Å². The average molecular weight is 484 g/mol. The van der Waals surface area contributed by atoms with Gasteiger partial charge in [-0.3, -0.25) is 19.4 Å². The van der Waals surface area contributed by atoms with Gasteiger partial charge in [-0.05, 0) is 55.2 Å². The number of hydrogen-bond donors (Lipinski definition) is 2. The Hall–Kier alpha value is -3.88. The first kappa shape index (κ1) is 25.7. The third-order valence-electron chi connectivity index (χ3n) is 5.48. The largest absolute Gasteiger partial charge is 0.481 e. The molecule has 0 saturated heterocycles. The second-order valence-electron chi connectivity index (χ2n) is 8.80. The normalized spacial score (nSPS) is 12.9. The van der Waals surface area contributed by atoms with E-state index in [4.69, 9.17) is 0 Å². The molecule has 2 atom stereocenters. The Morgan fingerprint density at radius 2 is 1.74 bits per heavy atom. The van der Waals surface area contributed by atoms with Gasteiger partial charge in [-0.1, -0.05) is 26.0 Å². The minimum atomic E-state index is -1.20. The highest BCUT2D eigenvalue weighted by molar-refractivity contribution is 5.81. The van der Waals surface area contributed by atoms with E-state index in [9.17, 15) is 28.3 Å². The molecule has 0 radical (unpaired) electrons. The molecular formula is C26H27F2N3O4. The van der Waals surface area contributed by atoms with Crippen molar-refractivity contribution in [2.75, 3.05) is 0 Å². The molecule has 0 bridgehead atoms. The number of aliphatic carboxylic acids is 1. The maximum atomic E-state index is 14.3. The lowest BCUT2D eigenvalue weighted by Gasteiger charge is -2.24. The van der Waals surface area contributed by atoms with Gasteiger partial charge >= 0.3 is 5.97 Å². The van der Waals surface area contributed by atoms with Crippen LogP contribution in [0.1, 0.15) is 50.0 Å². The van der Waals surface area contributed by atoms with Crippen molar-refractivity contribution in [3.05, 3.63) is 88.0 Å². The molecule has 2 heterocycles. The van der Waals surface area contributed by atoms with Crippen LogP contribution in [-0.2, 0) is 9.59 Å². The number of carboxylic acid groups (broad SMARTS) is 1. The molecule has 2 unspecified atom stereocenters. The first-order valence-electron chi connectivity index (χ1n) is 11.2. The molecule has 0 aliphatic carbocycles. The summed E-state index contributed by atoms with van der Waals surface area (Å²) in [6, 6.07) is 8.95. The van der Waals surface area contributed by atoms with Crippen LogP contribution in [0, 0.1) is 24.5 Å². The number of hydrogen-bond acceptors (Lipinski definition) is 4. The fourth-order valence-corrected chi connectivity index (χ4v) is 3.84. The molecule has 35 heavy (non-hydrogen) atoms. The standard InChI is InChI=1S/C26H27F2N3O4/c1-15(2)12-22(31-11-10-16(3)13-23(31)32)26(35)30-21(14-24(33)34)19-8-5-9-20(29-19)25-17(27)6-4-7-18(25)28/h4-11,13,15,21-22H,12,14H2,1-3H3,(H,30,35)(H,33,34). The zero-order valence-corrected chi connectivity index (χ0v) is 19.7. The molecular weight excluding hydrogens is 456 g/mol. The lowest BCUT2D eigenvalue weighted by molar-refractivity contribution is -0.138. The molecule has 1 aromatic carbocycles. The summed E-state index contributed by atoms with van der Waals surface area (Å²) in [6.07, 6.45) is 1.36. The number of carboxylic acids is 1. The Kier molecular flexibility index (Phi) is 8.11. The fourth-order valence-electron chi connectivity index (χ4n) is 3.84. The molecule has 0 spiro atoms. The van der Waals surface area contributed by atoms with Gasteiger partial charge in [-0.25, -0.2) is 8.78 Å². The van der Waals surface area contributed by atoms with Crippen LogP contribution in [0.3, 0.4) is 0 Å². The summed E-state index contributed by atoms with van der Waals surface area (Å²) >= 11 is 0. The smallest absolute Gasteiger partial charge is 0.305 e. The van der Waals surface area contributed by atoms with E-state index in [0.29, 0.717) is 6.42 Å². The first-order valence-corrected chi connectivity index (χ1v) is 11.2. The molecule has 7 nitrogen and oxygen atoms in total. The second-order valence-corrected chi connectivity index (χ2v) is 8.80. The Morgan fingerprint density at radius 3 is 2.34 bits per heavy atom. The number of benzene rings is 1. The number of aromatic nitrogens is 2. The maximum absolute atomic E-state index is 14.3. The van der Waals surface area contributed by atoms with Crippen LogP contribution in [0.15, 0.2) is 59.5 Å². The lowest BCUT2D eigenvalue weighted by atomic mass is 10.0. The van der Waals surface area contributed by atoms with E-state index < -0.39 is 42.0 Å². The molecule has 3 aromatic rings. The predicted molar refractivity (Wildman–Crippen MR) is 127 cm³/mol. The van der Waals surface area contributed by atoms with Gasteiger partial charge in [-0.15, -0.1) is 0 Å². The number of amides is 1. The Morgan fingerprint density at radius 1 is 1.09 bits per heavy atom. The van der Waals surface area contributed by atoms with Crippen LogP contribution in [0.2, 0.25) is 0 Å². The molecule has 3 rings (SSSR count). The minimum Gasteiger partial charge on any atom is -0.481 e. The van der Waals surface area contributed by atoms with E-state index in [-0.39, 0.29) is 28.4 Å². The van der Waals surface area contributed by atoms with E-state index in [0.717, 1.165) is 17.7 Å². The number of carbonyl (C=O) groups is 2. The number of aryl methyl sites for hydroxylation is 1. The van der Waals surface area contributed by atoms with Gasteiger partial charge in [-0.2, -0.15) is 0 Å². The van der Waals surface area contributed by atoms with Gasteiger partial charge in [0.05, 0.1) is 29.4 Å². The van der Waals surface area contributed by atoms with Gasteiger partial charge in [0.1, 0.15) is 17.7 Å². The molecule has 9 heteroatoms. The van der Waals surface area contributed by atoms with Crippen molar-refractivity contribution >= 4 is 11.9 Å². The number of rotatable bonds is 9. The van der Waals surface area contributed by atoms with Crippen molar-refractivity contribution in [1.82, 2.24) is 14.9 Å². The number of pyridine rings is 2. The van der Waals surface area contributed by atoms with Gasteiger partial charge in [0.15, 0.2) is 0 Å². The van der Waals surface area contributed by atoms with Crippen molar-refractivity contribution < 1.29 is 23.5 Å². The summed E-state index contributed by atoms with van der Waals surface area (Å²) in [5, 5.41) is 12.1. The third-order valence-corrected chi connectivity index (χ3v) is 5.48. The summed E-state index contributed by atoms with van der Waals surface area (Å²) in [5.74, 6) is -3.33. The molecule has 0 aliphatic rings. The average Bonchev–Trinajstić information content (AvgIpc) is 2.77. The van der Waals surface area contributed by atoms with Crippen LogP contribution in [0.25, 0.3) is 11.3 Å². The Balaban J connectivity index is 1.98. The van der Waals surface area contributed by atoms with Crippen LogP contribution in [-0.4, -0.2) is 26.5 Å². The zero-order chi connectivity index (χ0) is 25.7. The highest BCUT2D eigenvalue weighted by Crippen LogP contribution is 2.27. The maximum Gasteiger partial charge on any atom is 0.305 e. The van der Waals surface area contributed by atoms with Crippen molar-refractivity contribution in [2.45, 2.75) is 45.7 Å². The number of nitrogens with zero attached hydrogens (tertiary/aromatic N) is 2. The summed E-state index contributed by atoms with van der Waals surface area (Å²) in [7, 11) is 0. The summed E-state index contributed by atoms with van der Waals surface area (Å²) in [4.78, 5) is 41.8. The molecule has 2 N–H and O–H groups in total. The third kappa shape index (κ3) is 6.38. The SMILES string of the molecule is Cc1ccn(C(CC(C)C)C(=O)NC(CC(=O)O)c2cccc(-c3c(F)cccc3F)n2)c(=O)c1. The van der Waals surface area contributed by atoms with Crippen LogP contribution < -0.4 is 10.9 Å².